The van der Waals surface area contributed by atoms with Crippen LogP contribution in [0.3, 0.4) is 0 Å². The first-order valence-corrected chi connectivity index (χ1v) is 9.03. The Labute approximate surface area is 160 Å². The standard InChI is InChI=1S/C17H23N5O6/c23-6-9-11(24)12(25)16(28-9)22-7-18-10-13(22)19-17(21-15(10)27)20-14(26)8-4-2-1-3-5-8/h1-5,9-13,16-19,23-25H,6-7H2,(H,20,26)(H,21,27)/t9-,10?,11-,12-,13?,16-,17?/m1/s1. The topological polar surface area (TPSA) is 155 Å². The Morgan fingerprint density at radius 3 is 2.68 bits per heavy atom. The van der Waals surface area contributed by atoms with Crippen molar-refractivity contribution < 1.29 is 29.6 Å². The highest BCUT2D eigenvalue weighted by Gasteiger charge is 2.52. The van der Waals surface area contributed by atoms with Gasteiger partial charge < -0.3 is 30.7 Å². The molecule has 0 aromatic heterocycles. The van der Waals surface area contributed by atoms with Crippen LogP contribution in [0.2, 0.25) is 0 Å². The van der Waals surface area contributed by atoms with Gasteiger partial charge in [0.1, 0.15) is 30.6 Å². The molecule has 11 nitrogen and oxygen atoms in total. The SMILES string of the molecule is O=C(NC1NC(=O)C2NCN([C@@H]3O[C@H](CO)[C@@H](O)[C@H]3O)C2N1)c1ccccc1. The van der Waals surface area contributed by atoms with Crippen LogP contribution in [0.25, 0.3) is 0 Å². The van der Waals surface area contributed by atoms with Gasteiger partial charge in [0, 0.05) is 5.56 Å². The van der Waals surface area contributed by atoms with Crippen LogP contribution in [0.15, 0.2) is 30.3 Å². The van der Waals surface area contributed by atoms with E-state index in [4.69, 9.17) is 4.74 Å². The summed E-state index contributed by atoms with van der Waals surface area (Å²) in [4.78, 5) is 26.5. The molecule has 0 aliphatic carbocycles. The third-order valence-corrected chi connectivity index (χ3v) is 5.23. The van der Waals surface area contributed by atoms with Crippen molar-refractivity contribution in [2.45, 2.75) is 43.0 Å². The molecular formula is C17H23N5O6. The molecule has 3 heterocycles. The van der Waals surface area contributed by atoms with Crippen molar-refractivity contribution in [1.82, 2.24) is 26.2 Å². The number of aliphatic hydroxyl groups excluding tert-OH is 3. The molecule has 11 heteroatoms. The van der Waals surface area contributed by atoms with E-state index in [1.54, 1.807) is 35.2 Å². The number of fused-ring (bicyclic) bond motifs is 1. The van der Waals surface area contributed by atoms with Gasteiger partial charge in [-0.15, -0.1) is 0 Å². The molecule has 3 aliphatic heterocycles. The summed E-state index contributed by atoms with van der Waals surface area (Å²) in [7, 11) is 0. The zero-order valence-electron chi connectivity index (χ0n) is 14.9. The molecule has 0 saturated carbocycles. The molecule has 3 saturated heterocycles. The van der Waals surface area contributed by atoms with E-state index in [0.29, 0.717) is 5.56 Å². The molecule has 4 rings (SSSR count). The van der Waals surface area contributed by atoms with Gasteiger partial charge in [-0.3, -0.25) is 20.2 Å². The molecule has 7 atom stereocenters. The fourth-order valence-corrected chi connectivity index (χ4v) is 3.76. The van der Waals surface area contributed by atoms with E-state index >= 15 is 0 Å². The Bertz CT molecular complexity index is 736. The first-order chi connectivity index (χ1) is 13.5. The number of aliphatic hydroxyl groups is 3. The first-order valence-electron chi connectivity index (χ1n) is 9.03. The van der Waals surface area contributed by atoms with Crippen molar-refractivity contribution in [3.8, 4) is 0 Å². The van der Waals surface area contributed by atoms with Crippen LogP contribution in [-0.2, 0) is 9.53 Å². The largest absolute Gasteiger partial charge is 0.394 e. The van der Waals surface area contributed by atoms with Crippen molar-refractivity contribution in [1.29, 1.82) is 0 Å². The molecule has 152 valence electrons. The molecule has 1 aromatic carbocycles. The van der Waals surface area contributed by atoms with Crippen molar-refractivity contribution in [3.05, 3.63) is 35.9 Å². The molecular weight excluding hydrogens is 370 g/mol. The van der Waals surface area contributed by atoms with Gasteiger partial charge in [-0.2, -0.15) is 0 Å². The third-order valence-electron chi connectivity index (χ3n) is 5.23. The zero-order chi connectivity index (χ0) is 19.8. The highest BCUT2D eigenvalue weighted by atomic mass is 16.6. The molecule has 28 heavy (non-hydrogen) atoms. The summed E-state index contributed by atoms with van der Waals surface area (Å²) < 4.78 is 5.57. The maximum Gasteiger partial charge on any atom is 0.253 e. The van der Waals surface area contributed by atoms with E-state index in [1.165, 1.54) is 0 Å². The van der Waals surface area contributed by atoms with Crippen LogP contribution in [0.1, 0.15) is 10.4 Å². The van der Waals surface area contributed by atoms with Crippen molar-refractivity contribution >= 4 is 11.8 Å². The Kier molecular flexibility index (Phi) is 5.29. The quantitative estimate of drug-likeness (QED) is 0.275. The maximum absolute atomic E-state index is 12.4. The molecule has 3 aliphatic rings. The van der Waals surface area contributed by atoms with Gasteiger partial charge in [-0.25, -0.2) is 4.90 Å². The second-order valence-corrected chi connectivity index (χ2v) is 6.98. The van der Waals surface area contributed by atoms with E-state index in [2.05, 4.69) is 21.3 Å². The Hall–Kier alpha value is -2.12. The number of hydrogen-bond acceptors (Lipinski definition) is 9. The maximum atomic E-state index is 12.4. The summed E-state index contributed by atoms with van der Waals surface area (Å²) >= 11 is 0. The average Bonchev–Trinajstić information content (AvgIpc) is 3.24. The minimum Gasteiger partial charge on any atom is -0.394 e. The fourth-order valence-electron chi connectivity index (χ4n) is 3.76. The number of benzene rings is 1. The van der Waals surface area contributed by atoms with E-state index in [0.717, 1.165) is 0 Å². The number of amides is 2. The summed E-state index contributed by atoms with van der Waals surface area (Å²) in [6.07, 6.45) is -5.74. The van der Waals surface area contributed by atoms with E-state index in [9.17, 15) is 24.9 Å². The molecule has 7 N–H and O–H groups in total. The number of nitrogens with zero attached hydrogens (tertiary/aromatic N) is 1. The van der Waals surface area contributed by atoms with Gasteiger partial charge in [-0.05, 0) is 12.1 Å². The number of rotatable bonds is 4. The Balaban J connectivity index is 1.46. The molecule has 1 aromatic rings. The molecule has 0 radical (unpaired) electrons. The summed E-state index contributed by atoms with van der Waals surface area (Å²) in [6, 6.07) is 7.96. The summed E-state index contributed by atoms with van der Waals surface area (Å²) in [5, 5.41) is 41.1. The highest BCUT2D eigenvalue weighted by molar-refractivity contribution is 5.94. The zero-order valence-corrected chi connectivity index (χ0v) is 14.9. The number of hydrogen-bond donors (Lipinski definition) is 7. The van der Waals surface area contributed by atoms with Crippen LogP contribution in [0, 0.1) is 0 Å². The van der Waals surface area contributed by atoms with Gasteiger partial charge in [-0.1, -0.05) is 18.2 Å². The van der Waals surface area contributed by atoms with Crippen molar-refractivity contribution in [2.75, 3.05) is 13.3 Å². The van der Waals surface area contributed by atoms with E-state index in [1.807, 2.05) is 0 Å². The summed E-state index contributed by atoms with van der Waals surface area (Å²) in [5.41, 5.74) is 0.450. The third kappa shape index (κ3) is 3.37. The lowest BCUT2D eigenvalue weighted by Gasteiger charge is -2.39. The van der Waals surface area contributed by atoms with Crippen LogP contribution in [0.4, 0.5) is 0 Å². The van der Waals surface area contributed by atoms with Gasteiger partial charge >= 0.3 is 0 Å². The molecule has 0 bridgehead atoms. The van der Waals surface area contributed by atoms with Gasteiger partial charge in [0.15, 0.2) is 6.29 Å². The Morgan fingerprint density at radius 1 is 1.25 bits per heavy atom. The van der Waals surface area contributed by atoms with Crippen LogP contribution in [0.5, 0.6) is 0 Å². The molecule has 3 fully saturated rings. The highest BCUT2D eigenvalue weighted by Crippen LogP contribution is 2.28. The smallest absolute Gasteiger partial charge is 0.253 e. The normalized spacial score (nSPS) is 38.1. The average molecular weight is 393 g/mol. The van der Waals surface area contributed by atoms with Gasteiger partial charge in [0.05, 0.1) is 19.4 Å². The Morgan fingerprint density at radius 2 is 2.00 bits per heavy atom. The molecule has 0 spiro atoms. The lowest BCUT2D eigenvalue weighted by atomic mass is 10.1. The predicted molar refractivity (Wildman–Crippen MR) is 94.2 cm³/mol. The van der Waals surface area contributed by atoms with E-state index < -0.39 is 49.6 Å². The van der Waals surface area contributed by atoms with Crippen molar-refractivity contribution in [2.24, 2.45) is 0 Å². The second-order valence-electron chi connectivity index (χ2n) is 6.98. The van der Waals surface area contributed by atoms with Crippen LogP contribution >= 0.6 is 0 Å². The monoisotopic (exact) mass is 393 g/mol. The first kappa shape index (κ1) is 19.2. The van der Waals surface area contributed by atoms with E-state index in [-0.39, 0.29) is 18.5 Å². The lowest BCUT2D eigenvalue weighted by molar-refractivity contribution is -0.133. The number of ether oxygens (including phenoxy) is 1. The molecule has 2 amide bonds. The number of nitrogens with one attached hydrogen (secondary N) is 4. The van der Waals surface area contributed by atoms with Crippen LogP contribution in [-0.4, -0.2) is 88.3 Å². The van der Waals surface area contributed by atoms with Gasteiger partial charge in [0.25, 0.3) is 5.91 Å². The molecule has 3 unspecified atom stereocenters. The number of carbonyl (C=O) groups is 2. The number of carbonyl (C=O) groups excluding carboxylic acids is 2. The van der Waals surface area contributed by atoms with Crippen LogP contribution < -0.4 is 21.3 Å². The summed E-state index contributed by atoms with van der Waals surface area (Å²) in [6.45, 7) is -0.227. The minimum absolute atomic E-state index is 0.210. The fraction of sp³-hybridized carbons (Fsp3) is 0.529. The summed E-state index contributed by atoms with van der Waals surface area (Å²) in [5.74, 6) is -0.682. The second kappa shape index (κ2) is 7.72. The minimum atomic E-state index is -1.25. The van der Waals surface area contributed by atoms with Gasteiger partial charge in [0.2, 0.25) is 5.91 Å². The van der Waals surface area contributed by atoms with Crippen molar-refractivity contribution in [3.63, 3.8) is 0 Å². The predicted octanol–water partition coefficient (Wildman–Crippen LogP) is -3.58. The lowest BCUT2D eigenvalue weighted by Crippen LogP contribution is -2.72.